The minimum Gasteiger partial charge on any atom is -0.350 e. The minimum atomic E-state index is -0.142. The van der Waals surface area contributed by atoms with Gasteiger partial charge >= 0.3 is 0 Å². The summed E-state index contributed by atoms with van der Waals surface area (Å²) in [4.78, 5) is 38.4. The van der Waals surface area contributed by atoms with E-state index in [0.717, 1.165) is 27.9 Å². The monoisotopic (exact) mass is 464 g/mol. The maximum Gasteiger partial charge on any atom is 0.251 e. The first-order valence-corrected chi connectivity index (χ1v) is 11.6. The standard InChI is InChI=1S/C29H28N4O2/c1-19(2)32-29(35)23-10-8-22(9-11-23)27(34)16-21-7-6-20(3)25(15-21)17-28-31-14-12-26(33-28)24-5-4-13-30-18-24/h4-15,18-19H,16-17H2,1-3H3,(H,32,35). The summed E-state index contributed by atoms with van der Waals surface area (Å²) >= 11 is 0. The Kier molecular flexibility index (Phi) is 7.41. The molecule has 6 heteroatoms. The Bertz CT molecular complexity index is 1330. The molecule has 2 heterocycles. The molecule has 1 N–H and O–H groups in total. The molecule has 0 saturated carbocycles. The van der Waals surface area contributed by atoms with E-state index in [4.69, 9.17) is 4.98 Å². The van der Waals surface area contributed by atoms with Crippen molar-refractivity contribution < 1.29 is 9.59 Å². The molecule has 6 nitrogen and oxygen atoms in total. The molecule has 4 rings (SSSR count). The second-order valence-corrected chi connectivity index (χ2v) is 8.84. The zero-order chi connectivity index (χ0) is 24.8. The van der Waals surface area contributed by atoms with Gasteiger partial charge in [0.1, 0.15) is 5.82 Å². The van der Waals surface area contributed by atoms with Gasteiger partial charge in [-0.25, -0.2) is 9.97 Å². The zero-order valence-corrected chi connectivity index (χ0v) is 20.2. The van der Waals surface area contributed by atoms with Crippen molar-refractivity contribution in [1.29, 1.82) is 0 Å². The molecule has 0 aliphatic rings. The van der Waals surface area contributed by atoms with Gasteiger partial charge in [-0.2, -0.15) is 0 Å². The number of amides is 1. The number of Topliss-reactive ketones (excluding diaryl/α,β-unsaturated/α-hetero) is 1. The van der Waals surface area contributed by atoms with Crippen LogP contribution in [0.5, 0.6) is 0 Å². The Balaban J connectivity index is 1.47. The van der Waals surface area contributed by atoms with Gasteiger partial charge in [-0.1, -0.05) is 30.3 Å². The molecule has 0 atom stereocenters. The second kappa shape index (κ2) is 10.8. The molecular weight excluding hydrogens is 436 g/mol. The molecule has 0 aliphatic carbocycles. The third kappa shape index (κ3) is 6.23. The molecule has 1 amide bonds. The molecule has 0 fully saturated rings. The van der Waals surface area contributed by atoms with E-state index in [1.54, 1.807) is 42.9 Å². The molecule has 4 aromatic rings. The van der Waals surface area contributed by atoms with Crippen molar-refractivity contribution in [2.24, 2.45) is 0 Å². The molecule has 0 radical (unpaired) electrons. The first kappa shape index (κ1) is 24.0. The average Bonchev–Trinajstić information content (AvgIpc) is 2.86. The fourth-order valence-corrected chi connectivity index (χ4v) is 3.80. The van der Waals surface area contributed by atoms with Crippen molar-refractivity contribution in [3.8, 4) is 11.3 Å². The fraction of sp³-hybridized carbons (Fsp3) is 0.207. The van der Waals surface area contributed by atoms with Crippen LogP contribution in [0.3, 0.4) is 0 Å². The summed E-state index contributed by atoms with van der Waals surface area (Å²) in [5.74, 6) is 0.579. The third-order valence-corrected chi connectivity index (χ3v) is 5.68. The number of hydrogen-bond acceptors (Lipinski definition) is 5. The van der Waals surface area contributed by atoms with Crippen LogP contribution in [0.4, 0.5) is 0 Å². The lowest BCUT2D eigenvalue weighted by Crippen LogP contribution is -2.30. The lowest BCUT2D eigenvalue weighted by molar-refractivity contribution is 0.0940. The first-order chi connectivity index (χ1) is 16.9. The molecule has 35 heavy (non-hydrogen) atoms. The number of nitrogens with zero attached hydrogens (tertiary/aromatic N) is 3. The Morgan fingerprint density at radius 2 is 1.71 bits per heavy atom. The summed E-state index contributed by atoms with van der Waals surface area (Å²) in [5.41, 5.74) is 6.04. The number of aryl methyl sites for hydroxylation is 1. The summed E-state index contributed by atoms with van der Waals surface area (Å²) in [6.45, 7) is 5.87. The van der Waals surface area contributed by atoms with E-state index in [-0.39, 0.29) is 24.2 Å². The van der Waals surface area contributed by atoms with Gasteiger partial charge in [-0.3, -0.25) is 14.6 Å². The number of benzene rings is 2. The minimum absolute atomic E-state index is 0.00504. The van der Waals surface area contributed by atoms with Gasteiger partial charge in [0.2, 0.25) is 0 Å². The summed E-state index contributed by atoms with van der Waals surface area (Å²) in [5, 5.41) is 2.85. The predicted octanol–water partition coefficient (Wildman–Crippen LogP) is 5.00. The number of aromatic nitrogens is 3. The van der Waals surface area contributed by atoms with E-state index in [0.29, 0.717) is 23.4 Å². The van der Waals surface area contributed by atoms with Gasteiger partial charge in [0, 0.05) is 54.2 Å². The maximum atomic E-state index is 12.9. The van der Waals surface area contributed by atoms with Crippen LogP contribution >= 0.6 is 0 Å². The summed E-state index contributed by atoms with van der Waals surface area (Å²) in [6, 6.07) is 18.7. The van der Waals surface area contributed by atoms with Gasteiger partial charge in [0.05, 0.1) is 5.69 Å². The Morgan fingerprint density at radius 3 is 2.43 bits per heavy atom. The van der Waals surface area contributed by atoms with Gasteiger partial charge in [-0.05, 0) is 67.8 Å². The van der Waals surface area contributed by atoms with Gasteiger partial charge in [-0.15, -0.1) is 0 Å². The second-order valence-electron chi connectivity index (χ2n) is 8.84. The molecule has 2 aromatic heterocycles. The fourth-order valence-electron chi connectivity index (χ4n) is 3.80. The number of hydrogen-bond donors (Lipinski definition) is 1. The molecule has 2 aromatic carbocycles. The van der Waals surface area contributed by atoms with E-state index in [9.17, 15) is 9.59 Å². The summed E-state index contributed by atoms with van der Waals surface area (Å²) in [7, 11) is 0. The van der Waals surface area contributed by atoms with Crippen molar-refractivity contribution >= 4 is 11.7 Å². The highest BCUT2D eigenvalue weighted by molar-refractivity contribution is 5.99. The van der Waals surface area contributed by atoms with Crippen LogP contribution in [0, 0.1) is 6.92 Å². The van der Waals surface area contributed by atoms with Crippen molar-refractivity contribution in [3.05, 3.63) is 113 Å². The Labute approximate surface area is 205 Å². The normalized spacial score (nSPS) is 10.9. The van der Waals surface area contributed by atoms with Gasteiger partial charge < -0.3 is 5.32 Å². The zero-order valence-electron chi connectivity index (χ0n) is 20.2. The van der Waals surface area contributed by atoms with Gasteiger partial charge in [0.15, 0.2) is 5.78 Å². The van der Waals surface area contributed by atoms with Crippen LogP contribution in [-0.4, -0.2) is 32.7 Å². The van der Waals surface area contributed by atoms with E-state index < -0.39 is 0 Å². The molecule has 0 saturated heterocycles. The van der Waals surface area contributed by atoms with Crippen LogP contribution in [0.2, 0.25) is 0 Å². The molecule has 0 bridgehead atoms. The van der Waals surface area contributed by atoms with Crippen molar-refractivity contribution in [3.63, 3.8) is 0 Å². The van der Waals surface area contributed by atoms with Crippen molar-refractivity contribution in [2.75, 3.05) is 0 Å². The third-order valence-electron chi connectivity index (χ3n) is 5.68. The lowest BCUT2D eigenvalue weighted by atomic mass is 9.97. The summed E-state index contributed by atoms with van der Waals surface area (Å²) in [6.07, 6.45) is 6.13. The number of rotatable bonds is 8. The number of pyridine rings is 1. The van der Waals surface area contributed by atoms with E-state index in [1.807, 2.05) is 51.1 Å². The molecule has 0 aliphatic heterocycles. The van der Waals surface area contributed by atoms with Crippen molar-refractivity contribution in [1.82, 2.24) is 20.3 Å². The largest absolute Gasteiger partial charge is 0.350 e. The maximum absolute atomic E-state index is 12.9. The highest BCUT2D eigenvalue weighted by Gasteiger charge is 2.12. The molecule has 0 spiro atoms. The highest BCUT2D eigenvalue weighted by Crippen LogP contribution is 2.19. The van der Waals surface area contributed by atoms with Gasteiger partial charge in [0.25, 0.3) is 5.91 Å². The number of carbonyl (C=O) groups is 2. The van der Waals surface area contributed by atoms with E-state index in [2.05, 4.69) is 21.4 Å². The molecule has 0 unspecified atom stereocenters. The number of ketones is 1. The van der Waals surface area contributed by atoms with Crippen LogP contribution in [0.1, 0.15) is 57.1 Å². The SMILES string of the molecule is Cc1ccc(CC(=O)c2ccc(C(=O)NC(C)C)cc2)cc1Cc1nccc(-c2cccnc2)n1. The van der Waals surface area contributed by atoms with Crippen LogP contribution < -0.4 is 5.32 Å². The summed E-state index contributed by atoms with van der Waals surface area (Å²) < 4.78 is 0. The van der Waals surface area contributed by atoms with Crippen LogP contribution in [-0.2, 0) is 12.8 Å². The predicted molar refractivity (Wildman–Crippen MR) is 136 cm³/mol. The van der Waals surface area contributed by atoms with Crippen molar-refractivity contribution in [2.45, 2.75) is 39.7 Å². The lowest BCUT2D eigenvalue weighted by Gasteiger charge is -2.10. The van der Waals surface area contributed by atoms with Crippen LogP contribution in [0.25, 0.3) is 11.3 Å². The van der Waals surface area contributed by atoms with E-state index >= 15 is 0 Å². The highest BCUT2D eigenvalue weighted by atomic mass is 16.1. The quantitative estimate of drug-likeness (QED) is 0.371. The molecule has 176 valence electrons. The Morgan fingerprint density at radius 1 is 0.943 bits per heavy atom. The Hall–Kier alpha value is -4.19. The van der Waals surface area contributed by atoms with Crippen LogP contribution in [0.15, 0.2) is 79.3 Å². The molecular formula is C29H28N4O2. The number of nitrogens with one attached hydrogen (secondary N) is 1. The van der Waals surface area contributed by atoms with E-state index in [1.165, 1.54) is 0 Å². The topological polar surface area (TPSA) is 84.8 Å². The number of carbonyl (C=O) groups excluding carboxylic acids is 2. The average molecular weight is 465 g/mol. The smallest absolute Gasteiger partial charge is 0.251 e. The first-order valence-electron chi connectivity index (χ1n) is 11.6.